The lowest BCUT2D eigenvalue weighted by Crippen LogP contribution is -2.10. The number of hydrogen-bond donors (Lipinski definition) is 0. The Balaban J connectivity index is 1.38. The van der Waals surface area contributed by atoms with Crippen LogP contribution in [-0.2, 0) is 29.0 Å². The minimum absolute atomic E-state index is 0.256. The maximum Gasteiger partial charge on any atom is 0.337 e. The predicted octanol–water partition coefficient (Wildman–Crippen LogP) is 5.95. The molecule has 2 aromatic carbocycles. The van der Waals surface area contributed by atoms with Gasteiger partial charge >= 0.3 is 5.97 Å². The zero-order valence-electron chi connectivity index (χ0n) is 21.2. The number of halogens is 2. The molecular formula is C28H24ClFN4O4S. The van der Waals surface area contributed by atoms with Crippen molar-refractivity contribution in [2.45, 2.75) is 19.6 Å². The number of aromatic nitrogens is 4. The predicted molar refractivity (Wildman–Crippen MR) is 147 cm³/mol. The SMILES string of the molecule is COCCn1c(Cc2ccc(-c3cccc(OCc4cnc(Cl)s4)n3)cc2F)nc2ccc(C(=O)OC)cc21. The van der Waals surface area contributed by atoms with E-state index in [1.165, 1.54) is 24.5 Å². The van der Waals surface area contributed by atoms with Crippen LogP contribution in [0.1, 0.15) is 26.6 Å². The van der Waals surface area contributed by atoms with E-state index in [-0.39, 0.29) is 12.2 Å². The first-order chi connectivity index (χ1) is 18.9. The summed E-state index contributed by atoms with van der Waals surface area (Å²) in [6, 6.07) is 15.5. The van der Waals surface area contributed by atoms with Crippen LogP contribution in [0.15, 0.2) is 60.8 Å². The highest BCUT2D eigenvalue weighted by Crippen LogP contribution is 2.26. The number of benzene rings is 2. The van der Waals surface area contributed by atoms with Crippen molar-refractivity contribution in [1.82, 2.24) is 19.5 Å². The molecule has 0 aliphatic heterocycles. The molecule has 0 fully saturated rings. The summed E-state index contributed by atoms with van der Waals surface area (Å²) in [5.74, 6) is 0.267. The zero-order valence-corrected chi connectivity index (χ0v) is 22.8. The van der Waals surface area contributed by atoms with Gasteiger partial charge in [-0.3, -0.25) is 0 Å². The summed E-state index contributed by atoms with van der Waals surface area (Å²) in [4.78, 5) is 26.2. The molecule has 11 heteroatoms. The van der Waals surface area contributed by atoms with Crippen LogP contribution in [0.4, 0.5) is 4.39 Å². The maximum atomic E-state index is 15.3. The highest BCUT2D eigenvalue weighted by molar-refractivity contribution is 7.15. The fourth-order valence-electron chi connectivity index (χ4n) is 4.16. The Morgan fingerprint density at radius 1 is 1.10 bits per heavy atom. The van der Waals surface area contributed by atoms with Crippen molar-refractivity contribution in [3.8, 4) is 17.1 Å². The van der Waals surface area contributed by atoms with E-state index in [4.69, 9.17) is 30.8 Å². The first-order valence-electron chi connectivity index (χ1n) is 12.0. The van der Waals surface area contributed by atoms with Crippen LogP contribution in [0.3, 0.4) is 0 Å². The van der Waals surface area contributed by atoms with Gasteiger partial charge in [0.2, 0.25) is 5.88 Å². The Morgan fingerprint density at radius 3 is 2.72 bits per heavy atom. The quantitative estimate of drug-likeness (QED) is 0.193. The topological polar surface area (TPSA) is 88.4 Å². The molecule has 0 aliphatic carbocycles. The molecule has 200 valence electrons. The minimum Gasteiger partial charge on any atom is -0.472 e. The van der Waals surface area contributed by atoms with Crippen molar-refractivity contribution in [2.75, 3.05) is 20.8 Å². The summed E-state index contributed by atoms with van der Waals surface area (Å²) >= 11 is 7.21. The average Bonchev–Trinajstić information content (AvgIpc) is 3.53. The van der Waals surface area contributed by atoms with Gasteiger partial charge < -0.3 is 18.8 Å². The summed E-state index contributed by atoms with van der Waals surface area (Å²) in [5.41, 5.74) is 3.56. The number of hydrogen-bond acceptors (Lipinski definition) is 8. The van der Waals surface area contributed by atoms with E-state index in [0.29, 0.717) is 63.8 Å². The molecule has 3 heterocycles. The van der Waals surface area contributed by atoms with Crippen molar-refractivity contribution in [2.24, 2.45) is 0 Å². The number of ether oxygens (including phenoxy) is 3. The molecule has 0 radical (unpaired) electrons. The van der Waals surface area contributed by atoms with Gasteiger partial charge in [-0.25, -0.2) is 24.1 Å². The van der Waals surface area contributed by atoms with E-state index in [2.05, 4.69) is 9.97 Å². The molecule has 0 spiro atoms. The fraction of sp³-hybridized carbons (Fsp3) is 0.214. The van der Waals surface area contributed by atoms with Gasteiger partial charge in [0, 0.05) is 37.9 Å². The summed E-state index contributed by atoms with van der Waals surface area (Å²) in [6.07, 6.45) is 1.92. The second-order valence-corrected chi connectivity index (χ2v) is 10.3. The van der Waals surface area contributed by atoms with E-state index in [1.54, 1.807) is 49.7 Å². The number of pyridine rings is 1. The van der Waals surface area contributed by atoms with Crippen molar-refractivity contribution in [1.29, 1.82) is 0 Å². The number of carbonyl (C=O) groups excluding carboxylic acids is 1. The van der Waals surface area contributed by atoms with E-state index >= 15 is 4.39 Å². The minimum atomic E-state index is -0.435. The largest absolute Gasteiger partial charge is 0.472 e. The third-order valence-electron chi connectivity index (χ3n) is 6.08. The number of nitrogens with zero attached hydrogens (tertiary/aromatic N) is 4. The van der Waals surface area contributed by atoms with E-state index < -0.39 is 5.97 Å². The standard InChI is InChI=1S/C28H24ClFN4O4S/c1-36-11-10-34-24-13-19(27(35)37-2)8-9-23(24)32-25(34)14-17-6-7-18(12-21(17)30)22-4-3-5-26(33-22)38-16-20-15-31-28(29)39-20/h3-9,12-13,15H,10-11,14,16H2,1-2H3. The summed E-state index contributed by atoms with van der Waals surface area (Å²) in [6.45, 7) is 1.22. The van der Waals surface area contributed by atoms with Crippen molar-refractivity contribution in [3.63, 3.8) is 0 Å². The third kappa shape index (κ3) is 6.08. The highest BCUT2D eigenvalue weighted by Gasteiger charge is 2.17. The fourth-order valence-corrected chi connectivity index (χ4v) is 5.05. The van der Waals surface area contributed by atoms with Crippen LogP contribution in [-0.4, -0.2) is 46.3 Å². The second kappa shape index (κ2) is 11.9. The Hall–Kier alpha value is -3.86. The molecule has 8 nitrogen and oxygen atoms in total. The van der Waals surface area contributed by atoms with E-state index in [9.17, 15) is 4.79 Å². The summed E-state index contributed by atoms with van der Waals surface area (Å²) in [5, 5.41) is 0. The lowest BCUT2D eigenvalue weighted by Gasteiger charge is -2.11. The molecule has 0 atom stereocenters. The van der Waals surface area contributed by atoms with E-state index in [1.807, 2.05) is 16.7 Å². The lowest BCUT2D eigenvalue weighted by molar-refractivity contribution is 0.0601. The van der Waals surface area contributed by atoms with Gasteiger partial charge in [0.25, 0.3) is 0 Å². The summed E-state index contributed by atoms with van der Waals surface area (Å²) < 4.78 is 33.6. The van der Waals surface area contributed by atoms with Gasteiger partial charge in [-0.1, -0.05) is 29.8 Å². The van der Waals surface area contributed by atoms with Gasteiger partial charge in [-0.2, -0.15) is 0 Å². The Bertz CT molecular complexity index is 1640. The Morgan fingerprint density at radius 2 is 1.97 bits per heavy atom. The Kier molecular flexibility index (Phi) is 8.16. The maximum absolute atomic E-state index is 15.3. The first kappa shape index (κ1) is 26.7. The molecule has 0 unspecified atom stereocenters. The van der Waals surface area contributed by atoms with Gasteiger partial charge in [-0.05, 0) is 35.9 Å². The Labute approximate surface area is 233 Å². The molecule has 0 N–H and O–H groups in total. The van der Waals surface area contributed by atoms with Crippen LogP contribution in [0.5, 0.6) is 5.88 Å². The molecule has 3 aromatic heterocycles. The zero-order chi connectivity index (χ0) is 27.4. The van der Waals surface area contributed by atoms with Crippen LogP contribution >= 0.6 is 22.9 Å². The molecule has 39 heavy (non-hydrogen) atoms. The highest BCUT2D eigenvalue weighted by atomic mass is 35.5. The molecule has 5 rings (SSSR count). The number of thiazole rings is 1. The van der Waals surface area contributed by atoms with Crippen LogP contribution < -0.4 is 4.74 Å². The normalized spacial score (nSPS) is 11.2. The van der Waals surface area contributed by atoms with Crippen molar-refractivity contribution < 1.29 is 23.4 Å². The molecule has 0 saturated heterocycles. The number of fused-ring (bicyclic) bond motifs is 1. The molecule has 5 aromatic rings. The van der Waals surface area contributed by atoms with Crippen LogP contribution in [0.2, 0.25) is 4.47 Å². The van der Waals surface area contributed by atoms with E-state index in [0.717, 1.165) is 10.4 Å². The monoisotopic (exact) mass is 566 g/mol. The number of carbonyl (C=O) groups is 1. The second-order valence-electron chi connectivity index (χ2n) is 8.58. The summed E-state index contributed by atoms with van der Waals surface area (Å²) in [7, 11) is 2.95. The number of imidazole rings is 1. The number of methoxy groups -OCH3 is 2. The number of rotatable bonds is 10. The van der Waals surface area contributed by atoms with Gasteiger partial charge in [0.15, 0.2) is 4.47 Å². The van der Waals surface area contributed by atoms with Gasteiger partial charge in [-0.15, -0.1) is 11.3 Å². The average molecular weight is 567 g/mol. The van der Waals surface area contributed by atoms with Gasteiger partial charge in [0.05, 0.1) is 40.9 Å². The lowest BCUT2D eigenvalue weighted by atomic mass is 10.1. The van der Waals surface area contributed by atoms with Gasteiger partial charge in [0.1, 0.15) is 18.2 Å². The molecule has 0 amide bonds. The van der Waals surface area contributed by atoms with Crippen molar-refractivity contribution in [3.05, 3.63) is 92.9 Å². The molecule has 0 bridgehead atoms. The third-order valence-corrected chi connectivity index (χ3v) is 7.16. The van der Waals surface area contributed by atoms with Crippen LogP contribution in [0, 0.1) is 5.82 Å². The molecular weight excluding hydrogens is 543 g/mol. The van der Waals surface area contributed by atoms with Crippen molar-refractivity contribution >= 4 is 39.9 Å². The smallest absolute Gasteiger partial charge is 0.337 e. The molecule has 0 saturated carbocycles. The molecule has 0 aliphatic rings. The number of esters is 1. The van der Waals surface area contributed by atoms with Crippen LogP contribution in [0.25, 0.3) is 22.3 Å². The first-order valence-corrected chi connectivity index (χ1v) is 13.2.